The molecule has 0 aliphatic heterocycles. The average Bonchev–Trinajstić information content (AvgIpc) is 2.26. The number of sulfonamides is 1. The molecule has 1 aromatic rings. The Morgan fingerprint density at radius 2 is 1.88 bits per heavy atom. The SMILES string of the molecule is CCNS(=O)(=O)c1ccccc1NCC(C)C. The summed E-state index contributed by atoms with van der Waals surface area (Å²) in [7, 11) is -3.40. The number of hydrogen-bond acceptors (Lipinski definition) is 3. The molecule has 0 aromatic heterocycles. The van der Waals surface area contributed by atoms with Crippen LogP contribution in [0.4, 0.5) is 5.69 Å². The first-order valence-electron chi connectivity index (χ1n) is 5.80. The normalized spacial score (nSPS) is 11.8. The van der Waals surface area contributed by atoms with Crippen LogP contribution in [-0.2, 0) is 10.0 Å². The quantitative estimate of drug-likeness (QED) is 0.819. The van der Waals surface area contributed by atoms with E-state index in [-0.39, 0.29) is 0 Å². The summed E-state index contributed by atoms with van der Waals surface area (Å²) in [5.74, 6) is 0.463. The highest BCUT2D eigenvalue weighted by Crippen LogP contribution is 2.20. The molecule has 0 amide bonds. The van der Waals surface area contributed by atoms with E-state index in [1.807, 2.05) is 6.07 Å². The molecule has 2 N–H and O–H groups in total. The Hall–Kier alpha value is -1.07. The Morgan fingerprint density at radius 1 is 1.24 bits per heavy atom. The summed E-state index contributed by atoms with van der Waals surface area (Å²) in [5.41, 5.74) is 0.655. The molecule has 96 valence electrons. The maximum absolute atomic E-state index is 11.9. The van der Waals surface area contributed by atoms with Crippen molar-refractivity contribution in [1.82, 2.24) is 4.72 Å². The van der Waals surface area contributed by atoms with E-state index in [0.29, 0.717) is 23.0 Å². The van der Waals surface area contributed by atoms with Crippen LogP contribution < -0.4 is 10.0 Å². The van der Waals surface area contributed by atoms with Crippen LogP contribution >= 0.6 is 0 Å². The van der Waals surface area contributed by atoms with Gasteiger partial charge in [-0.25, -0.2) is 13.1 Å². The van der Waals surface area contributed by atoms with Gasteiger partial charge in [0, 0.05) is 13.1 Å². The minimum Gasteiger partial charge on any atom is -0.384 e. The second-order valence-corrected chi connectivity index (χ2v) is 6.01. The van der Waals surface area contributed by atoms with E-state index in [0.717, 1.165) is 6.54 Å². The van der Waals surface area contributed by atoms with Gasteiger partial charge in [0.1, 0.15) is 4.90 Å². The monoisotopic (exact) mass is 256 g/mol. The van der Waals surface area contributed by atoms with Gasteiger partial charge in [0.05, 0.1) is 5.69 Å². The van der Waals surface area contributed by atoms with Gasteiger partial charge in [-0.05, 0) is 18.1 Å². The molecule has 0 bridgehead atoms. The Kier molecular flexibility index (Phi) is 4.96. The zero-order valence-electron chi connectivity index (χ0n) is 10.5. The summed E-state index contributed by atoms with van der Waals surface area (Å²) < 4.78 is 26.4. The lowest BCUT2D eigenvalue weighted by molar-refractivity contribution is 0.584. The summed E-state index contributed by atoms with van der Waals surface area (Å²) in [6.45, 7) is 7.06. The zero-order chi connectivity index (χ0) is 12.9. The fourth-order valence-electron chi connectivity index (χ4n) is 1.43. The van der Waals surface area contributed by atoms with Crippen molar-refractivity contribution >= 4 is 15.7 Å². The first kappa shape index (κ1) is 14.0. The lowest BCUT2D eigenvalue weighted by Gasteiger charge is -2.13. The maximum Gasteiger partial charge on any atom is 0.242 e. The fraction of sp³-hybridized carbons (Fsp3) is 0.500. The lowest BCUT2D eigenvalue weighted by Crippen LogP contribution is -2.24. The number of anilines is 1. The van der Waals surface area contributed by atoms with E-state index >= 15 is 0 Å². The maximum atomic E-state index is 11.9. The average molecular weight is 256 g/mol. The standard InChI is InChI=1S/C12H20N2O2S/c1-4-14-17(15,16)12-8-6-5-7-11(12)13-9-10(2)3/h5-8,10,13-14H,4,9H2,1-3H3. The van der Waals surface area contributed by atoms with Gasteiger partial charge in [0.25, 0.3) is 0 Å². The van der Waals surface area contributed by atoms with Gasteiger partial charge in [-0.1, -0.05) is 32.9 Å². The minimum absolute atomic E-state index is 0.308. The van der Waals surface area contributed by atoms with Crippen LogP contribution in [0.15, 0.2) is 29.2 Å². The number of rotatable bonds is 6. The fourth-order valence-corrected chi connectivity index (χ4v) is 2.65. The third-order valence-corrected chi connectivity index (χ3v) is 3.82. The molecular formula is C12H20N2O2S. The molecular weight excluding hydrogens is 236 g/mol. The molecule has 0 unspecified atom stereocenters. The van der Waals surface area contributed by atoms with Crippen LogP contribution in [0, 0.1) is 5.92 Å². The molecule has 0 fully saturated rings. The predicted molar refractivity (Wildman–Crippen MR) is 70.6 cm³/mol. The highest BCUT2D eigenvalue weighted by atomic mass is 32.2. The molecule has 4 nitrogen and oxygen atoms in total. The molecule has 0 aliphatic carbocycles. The number of nitrogens with one attached hydrogen (secondary N) is 2. The summed E-state index contributed by atoms with van der Waals surface area (Å²) in [6, 6.07) is 6.95. The van der Waals surface area contributed by atoms with E-state index in [9.17, 15) is 8.42 Å². The van der Waals surface area contributed by atoms with E-state index in [2.05, 4.69) is 23.9 Å². The Balaban J connectivity index is 2.99. The van der Waals surface area contributed by atoms with Crippen LogP contribution in [0.2, 0.25) is 0 Å². The molecule has 5 heteroatoms. The summed E-state index contributed by atoms with van der Waals surface area (Å²) in [4.78, 5) is 0.308. The summed E-state index contributed by atoms with van der Waals surface area (Å²) >= 11 is 0. The van der Waals surface area contributed by atoms with Crippen molar-refractivity contribution in [3.8, 4) is 0 Å². The predicted octanol–water partition coefficient (Wildman–Crippen LogP) is 2.05. The molecule has 0 aliphatic rings. The molecule has 0 radical (unpaired) electrons. The highest BCUT2D eigenvalue weighted by molar-refractivity contribution is 7.89. The van der Waals surface area contributed by atoms with Crippen molar-refractivity contribution in [3.05, 3.63) is 24.3 Å². The summed E-state index contributed by atoms with van der Waals surface area (Å²) in [6.07, 6.45) is 0. The van der Waals surface area contributed by atoms with Crippen molar-refractivity contribution < 1.29 is 8.42 Å². The third-order valence-electron chi connectivity index (χ3n) is 2.21. The van der Waals surface area contributed by atoms with E-state index in [1.54, 1.807) is 25.1 Å². The van der Waals surface area contributed by atoms with Crippen LogP contribution in [0.1, 0.15) is 20.8 Å². The van der Waals surface area contributed by atoms with Crippen LogP contribution in [0.25, 0.3) is 0 Å². The van der Waals surface area contributed by atoms with Crippen molar-refractivity contribution in [1.29, 1.82) is 0 Å². The first-order chi connectivity index (χ1) is 7.97. The van der Waals surface area contributed by atoms with Crippen molar-refractivity contribution in [2.75, 3.05) is 18.4 Å². The second kappa shape index (κ2) is 6.02. The van der Waals surface area contributed by atoms with Gasteiger partial charge in [0.15, 0.2) is 0 Å². The number of benzene rings is 1. The van der Waals surface area contributed by atoms with Gasteiger partial charge >= 0.3 is 0 Å². The molecule has 1 rings (SSSR count). The minimum atomic E-state index is -3.40. The Bertz CT molecular complexity index is 455. The van der Waals surface area contributed by atoms with Gasteiger partial charge in [-0.3, -0.25) is 0 Å². The topological polar surface area (TPSA) is 58.2 Å². The van der Waals surface area contributed by atoms with E-state index < -0.39 is 10.0 Å². The molecule has 0 saturated carbocycles. The van der Waals surface area contributed by atoms with Crippen LogP contribution in [0.3, 0.4) is 0 Å². The molecule has 0 atom stereocenters. The number of hydrogen-bond donors (Lipinski definition) is 2. The summed E-state index contributed by atoms with van der Waals surface area (Å²) in [5, 5.41) is 3.16. The lowest BCUT2D eigenvalue weighted by atomic mass is 10.2. The molecule has 17 heavy (non-hydrogen) atoms. The van der Waals surface area contributed by atoms with Gasteiger partial charge in [-0.2, -0.15) is 0 Å². The molecule has 0 heterocycles. The Morgan fingerprint density at radius 3 is 2.47 bits per heavy atom. The number of para-hydroxylation sites is 1. The first-order valence-corrected chi connectivity index (χ1v) is 7.28. The van der Waals surface area contributed by atoms with Crippen LogP contribution in [-0.4, -0.2) is 21.5 Å². The van der Waals surface area contributed by atoms with Crippen molar-refractivity contribution in [2.24, 2.45) is 5.92 Å². The van der Waals surface area contributed by atoms with E-state index in [1.165, 1.54) is 0 Å². The molecule has 0 saturated heterocycles. The molecule has 0 spiro atoms. The Labute approximate surface area is 103 Å². The smallest absolute Gasteiger partial charge is 0.242 e. The largest absolute Gasteiger partial charge is 0.384 e. The zero-order valence-corrected chi connectivity index (χ0v) is 11.3. The van der Waals surface area contributed by atoms with Gasteiger partial charge in [0.2, 0.25) is 10.0 Å². The van der Waals surface area contributed by atoms with Gasteiger partial charge < -0.3 is 5.32 Å². The van der Waals surface area contributed by atoms with E-state index in [4.69, 9.17) is 0 Å². The van der Waals surface area contributed by atoms with Crippen molar-refractivity contribution in [2.45, 2.75) is 25.7 Å². The molecule has 1 aromatic carbocycles. The highest BCUT2D eigenvalue weighted by Gasteiger charge is 2.16. The second-order valence-electron chi connectivity index (χ2n) is 4.27. The van der Waals surface area contributed by atoms with Gasteiger partial charge in [-0.15, -0.1) is 0 Å². The van der Waals surface area contributed by atoms with Crippen LogP contribution in [0.5, 0.6) is 0 Å². The van der Waals surface area contributed by atoms with Crippen molar-refractivity contribution in [3.63, 3.8) is 0 Å². The third kappa shape index (κ3) is 4.02.